The fourth-order valence-electron chi connectivity index (χ4n) is 1.18. The topological polar surface area (TPSA) is 30.2 Å². The highest BCUT2D eigenvalue weighted by atomic mass is 16.3. The van der Waals surface area contributed by atoms with Gasteiger partial charge in [0.2, 0.25) is 0 Å². The number of furan rings is 1. The van der Waals surface area contributed by atoms with E-state index in [0.29, 0.717) is 12.2 Å². The monoisotopic (exact) mass is 180 g/mol. The molecule has 0 N–H and O–H groups in total. The molecule has 0 bridgehead atoms. The average Bonchev–Trinajstić information content (AvgIpc) is 2.62. The van der Waals surface area contributed by atoms with Crippen molar-refractivity contribution in [1.29, 1.82) is 0 Å². The molecule has 0 aliphatic carbocycles. The molecule has 0 amide bonds. The van der Waals surface area contributed by atoms with Crippen LogP contribution < -0.4 is 0 Å². The summed E-state index contributed by atoms with van der Waals surface area (Å²) >= 11 is 0. The molecule has 0 radical (unpaired) electrons. The van der Waals surface area contributed by atoms with Crippen molar-refractivity contribution in [2.45, 2.75) is 39.5 Å². The van der Waals surface area contributed by atoms with Gasteiger partial charge in [0.15, 0.2) is 11.5 Å². The number of aryl methyl sites for hydroxylation is 1. The molecular formula is C11H16O2. The van der Waals surface area contributed by atoms with Crippen LogP contribution in [0.3, 0.4) is 0 Å². The maximum absolute atomic E-state index is 11.4. The zero-order valence-corrected chi connectivity index (χ0v) is 8.30. The van der Waals surface area contributed by atoms with E-state index in [1.165, 1.54) is 0 Å². The molecule has 0 unspecified atom stereocenters. The second-order valence-electron chi connectivity index (χ2n) is 3.15. The number of carbonyl (C=O) groups excluding carboxylic acids is 1. The Bertz CT molecular complexity index is 273. The third-order valence-corrected chi connectivity index (χ3v) is 2.04. The molecule has 0 atom stereocenters. The van der Waals surface area contributed by atoms with Crippen molar-refractivity contribution in [1.82, 2.24) is 0 Å². The summed E-state index contributed by atoms with van der Waals surface area (Å²) in [6.45, 7) is 4.09. The maximum atomic E-state index is 11.4. The van der Waals surface area contributed by atoms with Gasteiger partial charge in [-0.05, 0) is 18.6 Å². The fourth-order valence-corrected chi connectivity index (χ4v) is 1.18. The lowest BCUT2D eigenvalue weighted by Crippen LogP contribution is -1.95. The first-order valence-electron chi connectivity index (χ1n) is 4.89. The molecular weight excluding hydrogens is 164 g/mol. The smallest absolute Gasteiger partial charge is 0.197 e. The van der Waals surface area contributed by atoms with Crippen LogP contribution in [0, 0.1) is 0 Å². The van der Waals surface area contributed by atoms with Gasteiger partial charge in [-0.25, -0.2) is 0 Å². The van der Waals surface area contributed by atoms with Crippen LogP contribution in [-0.4, -0.2) is 5.78 Å². The quantitative estimate of drug-likeness (QED) is 0.651. The van der Waals surface area contributed by atoms with E-state index in [9.17, 15) is 4.79 Å². The van der Waals surface area contributed by atoms with Gasteiger partial charge in [0.05, 0.1) is 0 Å². The highest BCUT2D eigenvalue weighted by Gasteiger charge is 2.09. The number of Topliss-reactive ketones (excluding diaryl/α,β-unsaturated/α-hetero) is 1. The Labute approximate surface area is 78.9 Å². The molecule has 2 nitrogen and oxygen atoms in total. The van der Waals surface area contributed by atoms with Gasteiger partial charge < -0.3 is 4.42 Å². The SMILES string of the molecule is CCCCC(=O)c1ccc(CC)o1. The summed E-state index contributed by atoms with van der Waals surface area (Å²) in [5.74, 6) is 1.53. The Hall–Kier alpha value is -1.05. The van der Waals surface area contributed by atoms with Crippen molar-refractivity contribution in [3.8, 4) is 0 Å². The predicted octanol–water partition coefficient (Wildman–Crippen LogP) is 3.21. The minimum atomic E-state index is 0.126. The Balaban J connectivity index is 2.55. The van der Waals surface area contributed by atoms with Crippen LogP contribution in [0.4, 0.5) is 0 Å². The minimum Gasteiger partial charge on any atom is -0.458 e. The molecule has 72 valence electrons. The van der Waals surface area contributed by atoms with E-state index in [1.54, 1.807) is 6.07 Å². The first-order chi connectivity index (χ1) is 6.27. The van der Waals surface area contributed by atoms with E-state index in [4.69, 9.17) is 4.42 Å². The predicted molar refractivity (Wildman–Crippen MR) is 51.9 cm³/mol. The highest BCUT2D eigenvalue weighted by Crippen LogP contribution is 2.11. The molecule has 0 aliphatic rings. The Morgan fingerprint density at radius 2 is 2.15 bits per heavy atom. The summed E-state index contributed by atoms with van der Waals surface area (Å²) in [5, 5.41) is 0. The lowest BCUT2D eigenvalue weighted by molar-refractivity contribution is 0.0951. The number of hydrogen-bond donors (Lipinski definition) is 0. The van der Waals surface area contributed by atoms with E-state index >= 15 is 0 Å². The number of unbranched alkanes of at least 4 members (excludes halogenated alkanes) is 1. The maximum Gasteiger partial charge on any atom is 0.197 e. The van der Waals surface area contributed by atoms with Crippen molar-refractivity contribution in [2.75, 3.05) is 0 Å². The zero-order chi connectivity index (χ0) is 9.68. The van der Waals surface area contributed by atoms with Crippen molar-refractivity contribution in [3.63, 3.8) is 0 Å². The van der Waals surface area contributed by atoms with E-state index < -0.39 is 0 Å². The molecule has 1 aromatic rings. The molecule has 2 heteroatoms. The van der Waals surface area contributed by atoms with Crippen LogP contribution in [0.15, 0.2) is 16.5 Å². The molecule has 1 rings (SSSR count). The highest BCUT2D eigenvalue weighted by molar-refractivity contribution is 5.93. The normalized spacial score (nSPS) is 10.3. The van der Waals surface area contributed by atoms with Crippen LogP contribution in [0.2, 0.25) is 0 Å². The van der Waals surface area contributed by atoms with Crippen molar-refractivity contribution in [3.05, 3.63) is 23.7 Å². The van der Waals surface area contributed by atoms with Gasteiger partial charge in [-0.2, -0.15) is 0 Å². The van der Waals surface area contributed by atoms with E-state index in [1.807, 2.05) is 13.0 Å². The summed E-state index contributed by atoms with van der Waals surface area (Å²) in [6, 6.07) is 3.65. The number of hydrogen-bond acceptors (Lipinski definition) is 2. The largest absolute Gasteiger partial charge is 0.458 e. The summed E-state index contributed by atoms with van der Waals surface area (Å²) in [6.07, 6.45) is 3.45. The van der Waals surface area contributed by atoms with Gasteiger partial charge in [-0.15, -0.1) is 0 Å². The molecule has 1 aromatic heterocycles. The minimum absolute atomic E-state index is 0.126. The Kier molecular flexibility index (Phi) is 3.74. The van der Waals surface area contributed by atoms with E-state index in [0.717, 1.165) is 25.0 Å². The molecule has 0 saturated heterocycles. The van der Waals surface area contributed by atoms with Gasteiger partial charge in [-0.1, -0.05) is 20.3 Å². The molecule has 13 heavy (non-hydrogen) atoms. The Morgan fingerprint density at radius 3 is 2.69 bits per heavy atom. The first kappa shape index (κ1) is 10.0. The zero-order valence-electron chi connectivity index (χ0n) is 8.30. The Morgan fingerprint density at radius 1 is 1.38 bits per heavy atom. The average molecular weight is 180 g/mol. The summed E-state index contributed by atoms with van der Waals surface area (Å²) in [5.41, 5.74) is 0. The molecule has 0 saturated carbocycles. The standard InChI is InChI=1S/C11H16O2/c1-3-5-6-10(12)11-8-7-9(4-2)13-11/h7-8H,3-6H2,1-2H3. The number of rotatable bonds is 5. The second kappa shape index (κ2) is 4.85. The van der Waals surface area contributed by atoms with Gasteiger partial charge in [-0.3, -0.25) is 4.79 Å². The third-order valence-electron chi connectivity index (χ3n) is 2.04. The van der Waals surface area contributed by atoms with Crippen LogP contribution in [0.1, 0.15) is 49.4 Å². The molecule has 0 spiro atoms. The lowest BCUT2D eigenvalue weighted by atomic mass is 10.1. The summed E-state index contributed by atoms with van der Waals surface area (Å²) in [4.78, 5) is 11.4. The summed E-state index contributed by atoms with van der Waals surface area (Å²) in [7, 11) is 0. The van der Waals surface area contributed by atoms with Crippen LogP contribution in [0.25, 0.3) is 0 Å². The van der Waals surface area contributed by atoms with Crippen LogP contribution in [0.5, 0.6) is 0 Å². The van der Waals surface area contributed by atoms with E-state index in [2.05, 4.69) is 6.92 Å². The molecule has 0 fully saturated rings. The summed E-state index contributed by atoms with van der Waals surface area (Å²) < 4.78 is 5.34. The lowest BCUT2D eigenvalue weighted by Gasteiger charge is -1.94. The second-order valence-corrected chi connectivity index (χ2v) is 3.15. The van der Waals surface area contributed by atoms with Crippen molar-refractivity contribution in [2.24, 2.45) is 0 Å². The van der Waals surface area contributed by atoms with Gasteiger partial charge in [0, 0.05) is 12.8 Å². The van der Waals surface area contributed by atoms with E-state index in [-0.39, 0.29) is 5.78 Å². The van der Waals surface area contributed by atoms with Gasteiger partial charge in [0.25, 0.3) is 0 Å². The number of carbonyl (C=O) groups is 1. The molecule has 0 aromatic carbocycles. The van der Waals surface area contributed by atoms with Gasteiger partial charge in [0.1, 0.15) is 5.76 Å². The van der Waals surface area contributed by atoms with Crippen molar-refractivity contribution >= 4 is 5.78 Å². The number of ketones is 1. The van der Waals surface area contributed by atoms with Gasteiger partial charge >= 0.3 is 0 Å². The first-order valence-corrected chi connectivity index (χ1v) is 4.89. The fraction of sp³-hybridized carbons (Fsp3) is 0.545. The molecule has 0 aliphatic heterocycles. The van der Waals surface area contributed by atoms with Crippen LogP contribution >= 0.6 is 0 Å². The molecule has 1 heterocycles. The van der Waals surface area contributed by atoms with Crippen molar-refractivity contribution < 1.29 is 9.21 Å². The van der Waals surface area contributed by atoms with Crippen LogP contribution in [-0.2, 0) is 6.42 Å². The third kappa shape index (κ3) is 2.72.